The van der Waals surface area contributed by atoms with Crippen molar-refractivity contribution in [3.05, 3.63) is 52.1 Å². The molecule has 2 aromatic carbocycles. The maximum absolute atomic E-state index is 12.9. The van der Waals surface area contributed by atoms with Gasteiger partial charge in [-0.05, 0) is 30.7 Å². The van der Waals surface area contributed by atoms with Gasteiger partial charge in [0.15, 0.2) is 17.3 Å². The molecular formula is C17H14O5. The van der Waals surface area contributed by atoms with Gasteiger partial charge in [0.1, 0.15) is 5.75 Å². The first-order valence-electron chi connectivity index (χ1n) is 6.68. The van der Waals surface area contributed by atoms with Crippen molar-refractivity contribution in [1.82, 2.24) is 0 Å². The first-order chi connectivity index (χ1) is 10.5. The molecule has 112 valence electrons. The van der Waals surface area contributed by atoms with E-state index in [0.29, 0.717) is 11.3 Å². The number of hydrogen-bond donors (Lipinski definition) is 1. The minimum atomic E-state index is -0.391. The summed E-state index contributed by atoms with van der Waals surface area (Å²) in [4.78, 5) is 25.6. The largest absolute Gasteiger partial charge is 0.504 e. The van der Waals surface area contributed by atoms with E-state index >= 15 is 0 Å². The van der Waals surface area contributed by atoms with E-state index in [4.69, 9.17) is 9.47 Å². The number of ether oxygens (including phenoxy) is 2. The molecule has 0 saturated heterocycles. The average Bonchev–Trinajstić information content (AvgIpc) is 2.51. The number of phenolic OH excluding ortho intramolecular Hbond substituents is 1. The van der Waals surface area contributed by atoms with Crippen molar-refractivity contribution in [3.8, 4) is 17.2 Å². The Morgan fingerprint density at radius 3 is 1.95 bits per heavy atom. The summed E-state index contributed by atoms with van der Waals surface area (Å²) >= 11 is 0. The molecule has 0 amide bonds. The third-order valence-electron chi connectivity index (χ3n) is 3.84. The Morgan fingerprint density at radius 2 is 1.36 bits per heavy atom. The van der Waals surface area contributed by atoms with E-state index in [2.05, 4.69) is 0 Å². The molecule has 1 aliphatic rings. The molecule has 0 spiro atoms. The van der Waals surface area contributed by atoms with E-state index in [-0.39, 0.29) is 34.0 Å². The van der Waals surface area contributed by atoms with Crippen LogP contribution in [0, 0.1) is 6.92 Å². The summed E-state index contributed by atoms with van der Waals surface area (Å²) in [7, 11) is 2.80. The van der Waals surface area contributed by atoms with Crippen molar-refractivity contribution in [3.63, 3.8) is 0 Å². The number of fused-ring (bicyclic) bond motifs is 2. The SMILES string of the molecule is COc1c(C)ccc2c1C(=O)c1c(ccc(O)c1OC)C2=O. The molecule has 0 atom stereocenters. The highest BCUT2D eigenvalue weighted by atomic mass is 16.5. The lowest BCUT2D eigenvalue weighted by molar-refractivity contribution is 0.0973. The van der Waals surface area contributed by atoms with Crippen LogP contribution in [-0.2, 0) is 0 Å². The smallest absolute Gasteiger partial charge is 0.202 e. The average molecular weight is 298 g/mol. The zero-order valence-electron chi connectivity index (χ0n) is 12.4. The Bertz CT molecular complexity index is 755. The molecule has 1 aliphatic carbocycles. The van der Waals surface area contributed by atoms with Gasteiger partial charge in [-0.15, -0.1) is 0 Å². The van der Waals surface area contributed by atoms with Crippen LogP contribution in [0.15, 0.2) is 24.3 Å². The van der Waals surface area contributed by atoms with Crippen LogP contribution in [0.5, 0.6) is 17.2 Å². The van der Waals surface area contributed by atoms with Gasteiger partial charge in [-0.3, -0.25) is 9.59 Å². The van der Waals surface area contributed by atoms with Gasteiger partial charge in [-0.1, -0.05) is 6.07 Å². The van der Waals surface area contributed by atoms with Gasteiger partial charge in [0, 0.05) is 11.1 Å². The molecule has 5 nitrogen and oxygen atoms in total. The highest BCUT2D eigenvalue weighted by Gasteiger charge is 2.36. The first kappa shape index (κ1) is 14.1. The van der Waals surface area contributed by atoms with E-state index in [1.165, 1.54) is 26.4 Å². The molecule has 0 aromatic heterocycles. The minimum Gasteiger partial charge on any atom is -0.504 e. The van der Waals surface area contributed by atoms with Gasteiger partial charge >= 0.3 is 0 Å². The molecule has 1 N–H and O–H groups in total. The Balaban J connectivity index is 2.39. The van der Waals surface area contributed by atoms with Crippen molar-refractivity contribution < 1.29 is 24.2 Å². The standard InChI is InChI=1S/C17H14O5/c1-8-4-5-9-12(16(8)21-2)15(20)13-10(14(9)19)6-7-11(18)17(13)22-3/h4-7,18H,1-3H3. The van der Waals surface area contributed by atoms with E-state index in [0.717, 1.165) is 5.56 Å². The molecule has 0 saturated carbocycles. The number of carbonyl (C=O) groups is 2. The third kappa shape index (κ3) is 1.72. The van der Waals surface area contributed by atoms with Crippen LogP contribution >= 0.6 is 0 Å². The van der Waals surface area contributed by atoms with Crippen molar-refractivity contribution in [2.75, 3.05) is 14.2 Å². The molecule has 0 radical (unpaired) electrons. The Morgan fingerprint density at radius 1 is 0.818 bits per heavy atom. The Kier molecular flexibility index (Phi) is 3.13. The highest BCUT2D eigenvalue weighted by Crippen LogP contribution is 2.41. The quantitative estimate of drug-likeness (QED) is 0.787. The van der Waals surface area contributed by atoms with Gasteiger partial charge in [0.25, 0.3) is 0 Å². The number of benzene rings is 2. The fourth-order valence-electron chi connectivity index (χ4n) is 2.83. The first-order valence-corrected chi connectivity index (χ1v) is 6.68. The van der Waals surface area contributed by atoms with Gasteiger partial charge in [0.05, 0.1) is 25.3 Å². The van der Waals surface area contributed by atoms with Crippen LogP contribution in [-0.4, -0.2) is 30.9 Å². The summed E-state index contributed by atoms with van der Waals surface area (Å²) in [5, 5.41) is 9.88. The number of ketones is 2. The Hall–Kier alpha value is -2.82. The van der Waals surface area contributed by atoms with Gasteiger partial charge in [-0.2, -0.15) is 0 Å². The van der Waals surface area contributed by atoms with Crippen molar-refractivity contribution in [2.24, 2.45) is 0 Å². The van der Waals surface area contributed by atoms with E-state index in [1.54, 1.807) is 19.1 Å². The summed E-state index contributed by atoms with van der Waals surface area (Å²) in [6, 6.07) is 6.14. The normalized spacial score (nSPS) is 12.7. The monoisotopic (exact) mass is 298 g/mol. The van der Waals surface area contributed by atoms with Crippen LogP contribution in [0.3, 0.4) is 0 Å². The van der Waals surface area contributed by atoms with Crippen LogP contribution in [0.4, 0.5) is 0 Å². The highest BCUT2D eigenvalue weighted by molar-refractivity contribution is 6.30. The second kappa shape index (κ2) is 4.87. The summed E-state index contributed by atoms with van der Waals surface area (Å²) in [5.74, 6) is -0.492. The molecule has 3 rings (SSSR count). The lowest BCUT2D eigenvalue weighted by Gasteiger charge is -2.22. The van der Waals surface area contributed by atoms with Crippen molar-refractivity contribution >= 4 is 11.6 Å². The molecule has 0 fully saturated rings. The number of methoxy groups -OCH3 is 2. The van der Waals surface area contributed by atoms with Gasteiger partial charge in [-0.25, -0.2) is 0 Å². The van der Waals surface area contributed by atoms with E-state index < -0.39 is 5.78 Å². The number of hydrogen-bond acceptors (Lipinski definition) is 5. The molecule has 22 heavy (non-hydrogen) atoms. The van der Waals surface area contributed by atoms with Crippen molar-refractivity contribution in [2.45, 2.75) is 6.92 Å². The van der Waals surface area contributed by atoms with E-state index in [9.17, 15) is 14.7 Å². The fourth-order valence-corrected chi connectivity index (χ4v) is 2.83. The van der Waals surface area contributed by atoms with Gasteiger partial charge < -0.3 is 14.6 Å². The maximum atomic E-state index is 12.9. The predicted molar refractivity (Wildman–Crippen MR) is 79.3 cm³/mol. The van der Waals surface area contributed by atoms with E-state index in [1.807, 2.05) is 0 Å². The summed E-state index contributed by atoms with van der Waals surface area (Å²) in [6.07, 6.45) is 0. The summed E-state index contributed by atoms with van der Waals surface area (Å²) in [6.45, 7) is 1.80. The number of aromatic hydroxyl groups is 1. The van der Waals surface area contributed by atoms with Crippen LogP contribution in [0.2, 0.25) is 0 Å². The molecule has 2 aromatic rings. The zero-order chi connectivity index (χ0) is 16.0. The molecular weight excluding hydrogens is 284 g/mol. The topological polar surface area (TPSA) is 72.8 Å². The molecule has 0 aliphatic heterocycles. The van der Waals surface area contributed by atoms with Crippen molar-refractivity contribution in [1.29, 1.82) is 0 Å². The number of phenols is 1. The predicted octanol–water partition coefficient (Wildman–Crippen LogP) is 2.49. The summed E-state index contributed by atoms with van der Waals surface area (Å²) < 4.78 is 10.4. The lowest BCUT2D eigenvalue weighted by Crippen LogP contribution is -2.23. The van der Waals surface area contributed by atoms with Crippen LogP contribution in [0.25, 0.3) is 0 Å². The van der Waals surface area contributed by atoms with Crippen LogP contribution in [0.1, 0.15) is 37.4 Å². The molecule has 0 heterocycles. The molecule has 0 bridgehead atoms. The third-order valence-corrected chi connectivity index (χ3v) is 3.84. The maximum Gasteiger partial charge on any atom is 0.202 e. The molecule has 5 heteroatoms. The van der Waals surface area contributed by atoms with Crippen LogP contribution < -0.4 is 9.47 Å². The number of carbonyl (C=O) groups excluding carboxylic acids is 2. The Labute approximate surface area is 127 Å². The second-order valence-corrected chi connectivity index (χ2v) is 5.04. The number of rotatable bonds is 2. The molecule has 0 unspecified atom stereocenters. The minimum absolute atomic E-state index is 0.00468. The second-order valence-electron chi connectivity index (χ2n) is 5.04. The summed E-state index contributed by atoms with van der Waals surface area (Å²) in [5.41, 5.74) is 1.56. The lowest BCUT2D eigenvalue weighted by atomic mass is 9.82. The number of aryl methyl sites for hydroxylation is 1. The fraction of sp³-hybridized carbons (Fsp3) is 0.176. The van der Waals surface area contributed by atoms with Gasteiger partial charge in [0.2, 0.25) is 5.78 Å². The zero-order valence-corrected chi connectivity index (χ0v) is 12.4.